The zero-order valence-corrected chi connectivity index (χ0v) is 7.98. The van der Waals surface area contributed by atoms with Crippen molar-refractivity contribution in [2.75, 3.05) is 0 Å². The maximum Gasteiger partial charge on any atom is 0.114 e. The van der Waals surface area contributed by atoms with E-state index in [1.807, 2.05) is 30.3 Å². The third kappa shape index (κ3) is 1.62. The van der Waals surface area contributed by atoms with Crippen molar-refractivity contribution < 1.29 is 5.21 Å². The Morgan fingerprint density at radius 2 is 2.07 bits per heavy atom. The smallest absolute Gasteiger partial charge is 0.114 e. The van der Waals surface area contributed by atoms with Crippen molar-refractivity contribution in [1.82, 2.24) is 9.59 Å². The molecular weight excluding hydrogens is 198 g/mol. The van der Waals surface area contributed by atoms with Gasteiger partial charge in [0.25, 0.3) is 0 Å². The van der Waals surface area contributed by atoms with Crippen molar-refractivity contribution in [3.63, 3.8) is 0 Å². The summed E-state index contributed by atoms with van der Waals surface area (Å²) in [6.07, 6.45) is 1.34. The third-order valence-corrected chi connectivity index (χ3v) is 2.39. The highest BCUT2D eigenvalue weighted by molar-refractivity contribution is 7.07. The Hall–Kier alpha value is -1.75. The molecule has 0 amide bonds. The molecule has 70 valence electrons. The van der Waals surface area contributed by atoms with E-state index >= 15 is 0 Å². The molecular formula is C9H7N3OS. The van der Waals surface area contributed by atoms with E-state index in [1.54, 1.807) is 0 Å². The number of hydrogen-bond donors (Lipinski definition) is 1. The van der Waals surface area contributed by atoms with Crippen LogP contribution in [-0.4, -0.2) is 21.0 Å². The van der Waals surface area contributed by atoms with Crippen LogP contribution in [-0.2, 0) is 0 Å². The first-order chi connectivity index (χ1) is 6.92. The quantitative estimate of drug-likeness (QED) is 0.463. The monoisotopic (exact) mass is 205 g/mol. The molecule has 0 saturated carbocycles. The number of aromatic nitrogens is 2. The van der Waals surface area contributed by atoms with Crippen molar-refractivity contribution in [3.8, 4) is 11.3 Å². The maximum atomic E-state index is 8.43. The average Bonchev–Trinajstić information content (AvgIpc) is 2.68. The molecule has 0 atom stereocenters. The lowest BCUT2D eigenvalue weighted by Crippen LogP contribution is -1.83. The highest BCUT2D eigenvalue weighted by Crippen LogP contribution is 2.21. The Morgan fingerprint density at radius 1 is 1.29 bits per heavy atom. The summed E-state index contributed by atoms with van der Waals surface area (Å²) in [6.45, 7) is 0. The van der Waals surface area contributed by atoms with Crippen LogP contribution in [0.4, 0.5) is 0 Å². The van der Waals surface area contributed by atoms with Crippen LogP contribution in [0.25, 0.3) is 11.3 Å². The van der Waals surface area contributed by atoms with E-state index in [-0.39, 0.29) is 0 Å². The lowest BCUT2D eigenvalue weighted by molar-refractivity contribution is 0.322. The van der Waals surface area contributed by atoms with Crippen LogP contribution in [0.15, 0.2) is 35.5 Å². The minimum atomic E-state index is 0.744. The highest BCUT2D eigenvalue weighted by atomic mass is 32.1. The van der Waals surface area contributed by atoms with Crippen LogP contribution in [0.3, 0.4) is 0 Å². The SMILES string of the molecule is O/N=C/c1snnc1-c1ccccc1. The van der Waals surface area contributed by atoms with E-state index in [4.69, 9.17) is 5.21 Å². The standard InChI is InChI=1S/C9H7N3OS/c13-10-6-8-9(11-12-14-8)7-4-2-1-3-5-7/h1-6,13H/b10-6+. The van der Waals surface area contributed by atoms with Crippen LogP contribution in [0.5, 0.6) is 0 Å². The molecule has 0 aliphatic carbocycles. The van der Waals surface area contributed by atoms with Crippen LogP contribution >= 0.6 is 11.5 Å². The number of oxime groups is 1. The summed E-state index contributed by atoms with van der Waals surface area (Å²) < 4.78 is 3.81. The number of benzene rings is 1. The lowest BCUT2D eigenvalue weighted by Gasteiger charge is -1.94. The first-order valence-corrected chi connectivity index (χ1v) is 4.74. The Bertz CT molecular complexity index is 438. The van der Waals surface area contributed by atoms with Crippen LogP contribution in [0.2, 0.25) is 0 Å². The van der Waals surface area contributed by atoms with E-state index in [9.17, 15) is 0 Å². The molecule has 0 aliphatic rings. The summed E-state index contributed by atoms with van der Waals surface area (Å²) in [7, 11) is 0. The molecule has 2 aromatic rings. The fourth-order valence-electron chi connectivity index (χ4n) is 1.13. The number of rotatable bonds is 2. The van der Waals surface area contributed by atoms with Crippen LogP contribution < -0.4 is 0 Å². The minimum Gasteiger partial charge on any atom is -0.411 e. The molecule has 2 rings (SSSR count). The molecule has 0 spiro atoms. The van der Waals surface area contributed by atoms with Gasteiger partial charge in [0, 0.05) is 5.56 Å². The Morgan fingerprint density at radius 3 is 2.79 bits per heavy atom. The molecule has 1 N–H and O–H groups in total. The predicted molar refractivity (Wildman–Crippen MR) is 54.7 cm³/mol. The fraction of sp³-hybridized carbons (Fsp3) is 0. The zero-order valence-electron chi connectivity index (χ0n) is 7.16. The number of hydrogen-bond acceptors (Lipinski definition) is 5. The summed E-state index contributed by atoms with van der Waals surface area (Å²) in [6, 6.07) is 9.66. The Balaban J connectivity index is 2.47. The second-order valence-corrected chi connectivity index (χ2v) is 3.38. The molecule has 0 bridgehead atoms. The molecule has 0 saturated heterocycles. The van der Waals surface area contributed by atoms with Gasteiger partial charge in [-0.05, 0) is 11.5 Å². The first-order valence-electron chi connectivity index (χ1n) is 3.97. The topological polar surface area (TPSA) is 58.4 Å². The molecule has 1 aromatic carbocycles. The van der Waals surface area contributed by atoms with Gasteiger partial charge in [-0.25, -0.2) is 0 Å². The highest BCUT2D eigenvalue weighted by Gasteiger charge is 2.07. The Kier molecular flexibility index (Phi) is 2.51. The zero-order chi connectivity index (χ0) is 9.80. The lowest BCUT2D eigenvalue weighted by atomic mass is 10.1. The summed E-state index contributed by atoms with van der Waals surface area (Å²) in [5, 5.41) is 15.4. The molecule has 14 heavy (non-hydrogen) atoms. The molecule has 1 heterocycles. The molecule has 0 unspecified atom stereocenters. The van der Waals surface area contributed by atoms with Gasteiger partial charge in [-0.15, -0.1) is 5.10 Å². The van der Waals surface area contributed by atoms with Gasteiger partial charge in [-0.2, -0.15) is 0 Å². The molecule has 4 nitrogen and oxygen atoms in total. The molecule has 5 heteroatoms. The van der Waals surface area contributed by atoms with Gasteiger partial charge < -0.3 is 5.21 Å². The van der Waals surface area contributed by atoms with Gasteiger partial charge in [0.05, 0.1) is 11.1 Å². The molecule has 0 radical (unpaired) electrons. The van der Waals surface area contributed by atoms with Crippen molar-refractivity contribution >= 4 is 17.7 Å². The van der Waals surface area contributed by atoms with Crippen molar-refractivity contribution in [2.24, 2.45) is 5.16 Å². The summed E-state index contributed by atoms with van der Waals surface area (Å²) in [5.41, 5.74) is 1.71. The minimum absolute atomic E-state index is 0.744. The van der Waals surface area contributed by atoms with Gasteiger partial charge in [0.1, 0.15) is 5.69 Å². The van der Waals surface area contributed by atoms with Crippen LogP contribution in [0, 0.1) is 0 Å². The van der Waals surface area contributed by atoms with E-state index in [0.29, 0.717) is 0 Å². The van der Waals surface area contributed by atoms with E-state index in [2.05, 4.69) is 14.7 Å². The molecule has 0 aliphatic heterocycles. The van der Waals surface area contributed by atoms with Gasteiger partial charge in [0.2, 0.25) is 0 Å². The average molecular weight is 205 g/mol. The van der Waals surface area contributed by atoms with E-state index in [0.717, 1.165) is 16.1 Å². The first kappa shape index (κ1) is 8.83. The van der Waals surface area contributed by atoms with Gasteiger partial charge in [-0.3, -0.25) is 0 Å². The van der Waals surface area contributed by atoms with Crippen molar-refractivity contribution in [3.05, 3.63) is 35.2 Å². The van der Waals surface area contributed by atoms with Crippen LogP contribution in [0.1, 0.15) is 4.88 Å². The van der Waals surface area contributed by atoms with E-state index in [1.165, 1.54) is 17.7 Å². The third-order valence-electron chi connectivity index (χ3n) is 1.74. The maximum absolute atomic E-state index is 8.43. The summed E-state index contributed by atoms with van der Waals surface area (Å²) >= 11 is 1.20. The molecule has 1 aromatic heterocycles. The molecule has 0 fully saturated rings. The summed E-state index contributed by atoms with van der Waals surface area (Å²) in [5.74, 6) is 0. The van der Waals surface area contributed by atoms with Gasteiger partial charge >= 0.3 is 0 Å². The number of nitrogens with zero attached hydrogens (tertiary/aromatic N) is 3. The second kappa shape index (κ2) is 3.97. The van der Waals surface area contributed by atoms with Crippen molar-refractivity contribution in [2.45, 2.75) is 0 Å². The van der Waals surface area contributed by atoms with E-state index < -0.39 is 0 Å². The van der Waals surface area contributed by atoms with Gasteiger partial charge in [-0.1, -0.05) is 40.0 Å². The largest absolute Gasteiger partial charge is 0.411 e. The summed E-state index contributed by atoms with van der Waals surface area (Å²) in [4.78, 5) is 0.749. The van der Waals surface area contributed by atoms with Crippen molar-refractivity contribution in [1.29, 1.82) is 0 Å². The fourth-order valence-corrected chi connectivity index (χ4v) is 1.68. The van der Waals surface area contributed by atoms with Gasteiger partial charge in [0.15, 0.2) is 0 Å². The predicted octanol–water partition coefficient (Wildman–Crippen LogP) is 2.01. The normalized spacial score (nSPS) is 10.9. The Labute approximate surface area is 84.7 Å². The second-order valence-electron chi connectivity index (χ2n) is 2.60.